The van der Waals surface area contributed by atoms with E-state index >= 15 is 0 Å². The highest BCUT2D eigenvalue weighted by atomic mass is 35.5. The topological polar surface area (TPSA) is 26.0 Å². The van der Waals surface area contributed by atoms with Crippen LogP contribution < -0.4 is 5.73 Å². The highest BCUT2D eigenvalue weighted by Gasteiger charge is 2.14. The fourth-order valence-electron chi connectivity index (χ4n) is 1.39. The van der Waals surface area contributed by atoms with E-state index in [-0.39, 0.29) is 6.04 Å². The Morgan fingerprint density at radius 3 is 2.40 bits per heavy atom. The minimum absolute atomic E-state index is 0.0279. The summed E-state index contributed by atoms with van der Waals surface area (Å²) in [4.78, 5) is 3.67. The van der Waals surface area contributed by atoms with Crippen LogP contribution >= 0.6 is 34.3 Å². The molecule has 4 heteroatoms. The molecule has 0 radical (unpaired) electrons. The molecule has 2 heterocycles. The van der Waals surface area contributed by atoms with Gasteiger partial charge in [0, 0.05) is 14.6 Å². The lowest BCUT2D eigenvalue weighted by atomic mass is 10.2. The number of halogens is 1. The Morgan fingerprint density at radius 1 is 1.20 bits per heavy atom. The average Bonchev–Trinajstić information content (AvgIpc) is 2.74. The van der Waals surface area contributed by atoms with E-state index in [1.807, 2.05) is 12.1 Å². The Bertz CT molecular complexity index is 453. The number of hydrogen-bond acceptors (Lipinski definition) is 3. The number of rotatable bonds is 2. The van der Waals surface area contributed by atoms with Crippen LogP contribution in [0.15, 0.2) is 18.2 Å². The van der Waals surface area contributed by atoms with Crippen molar-refractivity contribution in [2.45, 2.75) is 19.9 Å². The first-order valence-corrected chi connectivity index (χ1v) is 6.67. The van der Waals surface area contributed by atoms with Crippen LogP contribution in [0.5, 0.6) is 0 Å². The molecular weight excluding hydrogens is 246 g/mol. The zero-order valence-corrected chi connectivity index (χ0v) is 11.0. The third-order valence-corrected chi connectivity index (χ3v) is 4.94. The molecule has 1 unspecified atom stereocenters. The van der Waals surface area contributed by atoms with Gasteiger partial charge in [-0.25, -0.2) is 0 Å². The summed E-state index contributed by atoms with van der Waals surface area (Å²) in [5.74, 6) is 0. The molecule has 0 saturated carbocycles. The molecule has 0 bridgehead atoms. The van der Waals surface area contributed by atoms with Gasteiger partial charge < -0.3 is 5.73 Å². The highest BCUT2D eigenvalue weighted by molar-refractivity contribution is 7.16. The van der Waals surface area contributed by atoms with E-state index in [1.165, 1.54) is 15.3 Å². The van der Waals surface area contributed by atoms with Crippen LogP contribution in [0.25, 0.3) is 0 Å². The van der Waals surface area contributed by atoms with Gasteiger partial charge in [-0.1, -0.05) is 11.6 Å². The van der Waals surface area contributed by atoms with Crippen molar-refractivity contribution < 1.29 is 0 Å². The van der Waals surface area contributed by atoms with Crippen molar-refractivity contribution in [2.75, 3.05) is 0 Å². The Morgan fingerprint density at radius 2 is 1.93 bits per heavy atom. The van der Waals surface area contributed by atoms with Crippen molar-refractivity contribution in [1.29, 1.82) is 0 Å². The van der Waals surface area contributed by atoms with E-state index in [1.54, 1.807) is 22.7 Å². The largest absolute Gasteiger partial charge is 0.319 e. The molecule has 1 atom stereocenters. The summed E-state index contributed by atoms with van der Waals surface area (Å²) in [6.45, 7) is 4.24. The average molecular weight is 258 g/mol. The van der Waals surface area contributed by atoms with E-state index in [9.17, 15) is 0 Å². The lowest BCUT2D eigenvalue weighted by Gasteiger charge is -2.05. The molecule has 15 heavy (non-hydrogen) atoms. The maximum absolute atomic E-state index is 6.17. The van der Waals surface area contributed by atoms with Gasteiger partial charge in [-0.2, -0.15) is 0 Å². The van der Waals surface area contributed by atoms with Crippen LogP contribution in [-0.2, 0) is 0 Å². The fraction of sp³-hybridized carbons (Fsp3) is 0.273. The molecule has 2 aromatic heterocycles. The van der Waals surface area contributed by atoms with Gasteiger partial charge >= 0.3 is 0 Å². The zero-order chi connectivity index (χ0) is 11.0. The Hall–Kier alpha value is -0.350. The third-order valence-electron chi connectivity index (χ3n) is 2.39. The van der Waals surface area contributed by atoms with Gasteiger partial charge in [0.2, 0.25) is 0 Å². The fourth-order valence-corrected chi connectivity index (χ4v) is 3.61. The molecule has 80 valence electrons. The second-order valence-corrected chi connectivity index (χ2v) is 6.54. The Labute approximate surface area is 103 Å². The van der Waals surface area contributed by atoms with E-state index in [0.29, 0.717) is 0 Å². The standard InChI is InChI=1S/C11H12ClNS2/c1-6-5-9(14-7(6)2)11(13)8-3-4-10(12)15-8/h3-5,11H,13H2,1-2H3. The van der Waals surface area contributed by atoms with Crippen molar-refractivity contribution in [1.82, 2.24) is 0 Å². The summed E-state index contributed by atoms with van der Waals surface area (Å²) >= 11 is 9.21. The first-order chi connectivity index (χ1) is 7.08. The maximum Gasteiger partial charge on any atom is 0.0931 e. The van der Waals surface area contributed by atoms with Gasteiger partial charge in [-0.15, -0.1) is 22.7 Å². The molecule has 0 fully saturated rings. The molecule has 0 aliphatic carbocycles. The number of hydrogen-bond donors (Lipinski definition) is 1. The van der Waals surface area contributed by atoms with Crippen LogP contribution in [0.3, 0.4) is 0 Å². The Kier molecular flexibility index (Phi) is 3.16. The smallest absolute Gasteiger partial charge is 0.0931 e. The van der Waals surface area contributed by atoms with Crippen LogP contribution in [0.4, 0.5) is 0 Å². The number of thiophene rings is 2. The second-order valence-electron chi connectivity index (χ2n) is 3.51. The van der Waals surface area contributed by atoms with Gasteiger partial charge in [-0.3, -0.25) is 0 Å². The molecule has 0 spiro atoms. The minimum Gasteiger partial charge on any atom is -0.319 e. The van der Waals surface area contributed by atoms with Crippen LogP contribution in [0.1, 0.15) is 26.2 Å². The van der Waals surface area contributed by atoms with E-state index in [4.69, 9.17) is 17.3 Å². The summed E-state index contributed by atoms with van der Waals surface area (Å²) < 4.78 is 0.797. The summed E-state index contributed by atoms with van der Waals surface area (Å²) in [6.07, 6.45) is 0. The van der Waals surface area contributed by atoms with E-state index in [0.717, 1.165) is 9.21 Å². The normalized spacial score (nSPS) is 13.1. The molecular formula is C11H12ClNS2. The molecule has 2 rings (SSSR count). The van der Waals surface area contributed by atoms with Crippen molar-refractivity contribution in [2.24, 2.45) is 5.73 Å². The molecule has 2 N–H and O–H groups in total. The number of nitrogens with two attached hydrogens (primary N) is 1. The van der Waals surface area contributed by atoms with Crippen LogP contribution in [0, 0.1) is 13.8 Å². The number of aryl methyl sites for hydroxylation is 2. The van der Waals surface area contributed by atoms with Crippen LogP contribution in [-0.4, -0.2) is 0 Å². The van der Waals surface area contributed by atoms with Gasteiger partial charge in [0.25, 0.3) is 0 Å². The first kappa shape index (κ1) is 11.1. The SMILES string of the molecule is Cc1cc(C(N)c2ccc(Cl)s2)sc1C. The summed E-state index contributed by atoms with van der Waals surface area (Å²) in [6, 6.07) is 6.04. The molecule has 0 amide bonds. The zero-order valence-electron chi connectivity index (χ0n) is 8.58. The summed E-state index contributed by atoms with van der Waals surface area (Å²) in [5.41, 5.74) is 7.49. The third kappa shape index (κ3) is 2.26. The van der Waals surface area contributed by atoms with Crippen molar-refractivity contribution >= 4 is 34.3 Å². The highest BCUT2D eigenvalue weighted by Crippen LogP contribution is 2.33. The minimum atomic E-state index is -0.0279. The Balaban J connectivity index is 2.31. The maximum atomic E-state index is 6.17. The molecule has 0 aliphatic rings. The van der Waals surface area contributed by atoms with Crippen molar-refractivity contribution in [3.63, 3.8) is 0 Å². The molecule has 0 saturated heterocycles. The van der Waals surface area contributed by atoms with Gasteiger partial charge in [0.1, 0.15) is 0 Å². The lowest BCUT2D eigenvalue weighted by molar-refractivity contribution is 0.916. The molecule has 1 nitrogen and oxygen atoms in total. The van der Waals surface area contributed by atoms with Crippen LogP contribution in [0.2, 0.25) is 4.34 Å². The molecule has 0 aromatic carbocycles. The van der Waals surface area contributed by atoms with E-state index < -0.39 is 0 Å². The van der Waals surface area contributed by atoms with Gasteiger partial charge in [0.05, 0.1) is 10.4 Å². The van der Waals surface area contributed by atoms with Crippen molar-refractivity contribution in [3.05, 3.63) is 42.7 Å². The molecule has 2 aromatic rings. The summed E-state index contributed by atoms with van der Waals surface area (Å²) in [5, 5.41) is 0. The predicted molar refractivity (Wildman–Crippen MR) is 69.2 cm³/mol. The summed E-state index contributed by atoms with van der Waals surface area (Å²) in [7, 11) is 0. The van der Waals surface area contributed by atoms with E-state index in [2.05, 4.69) is 19.9 Å². The second kappa shape index (κ2) is 4.26. The first-order valence-electron chi connectivity index (χ1n) is 4.65. The lowest BCUT2D eigenvalue weighted by Crippen LogP contribution is -2.07. The van der Waals surface area contributed by atoms with Gasteiger partial charge in [0.15, 0.2) is 0 Å². The monoisotopic (exact) mass is 257 g/mol. The molecule has 0 aliphatic heterocycles. The van der Waals surface area contributed by atoms with Crippen molar-refractivity contribution in [3.8, 4) is 0 Å². The predicted octanol–water partition coefficient (Wildman–Crippen LogP) is 4.13. The van der Waals surface area contributed by atoms with Gasteiger partial charge in [-0.05, 0) is 37.6 Å². The quantitative estimate of drug-likeness (QED) is 0.860.